The van der Waals surface area contributed by atoms with E-state index >= 15 is 8.78 Å². The third-order valence-corrected chi connectivity index (χ3v) is 8.18. The molecular formula is C31H25ClF2N6O4. The number of nitrogens with one attached hydrogen (secondary N) is 2. The standard InChI is InChI=1S/C31H25ClF2N6O4/c1-43-26-10-3-17(11-18(26)13-35)29(41)38-23-14-37-40-25-16-36-15-24(25)39(30(42)28(23)40)21-7-4-19(5-8-21)31(33,34)20-6-9-22(32)27(12-20)44-2/h3-12,14,24-25,36H,15-16H2,1-2H3,(H,38,41)/t24-,25+/m0/s1. The number of carbonyl (C=O) groups excluding carboxylic acids is 2. The van der Waals surface area contributed by atoms with Crippen molar-refractivity contribution in [2.45, 2.75) is 18.0 Å². The molecule has 6 rings (SSSR count). The molecule has 2 amide bonds. The Hall–Kier alpha value is -4.99. The Labute approximate surface area is 255 Å². The summed E-state index contributed by atoms with van der Waals surface area (Å²) in [5.41, 5.74) is 0.570. The number of halogens is 3. The Morgan fingerprint density at radius 3 is 2.45 bits per heavy atom. The van der Waals surface area contributed by atoms with Gasteiger partial charge in [-0.3, -0.25) is 14.3 Å². The van der Waals surface area contributed by atoms with E-state index in [4.69, 9.17) is 21.1 Å². The molecule has 0 unspecified atom stereocenters. The maximum atomic E-state index is 15.5. The van der Waals surface area contributed by atoms with Crippen LogP contribution in [0.25, 0.3) is 0 Å². The lowest BCUT2D eigenvalue weighted by Gasteiger charge is -2.37. The molecule has 1 saturated heterocycles. The quantitative estimate of drug-likeness (QED) is 0.299. The second-order valence-corrected chi connectivity index (χ2v) is 10.7. The van der Waals surface area contributed by atoms with E-state index in [1.54, 1.807) is 9.58 Å². The van der Waals surface area contributed by atoms with Gasteiger partial charge < -0.3 is 25.0 Å². The predicted octanol–water partition coefficient (Wildman–Crippen LogP) is 4.99. The number of rotatable bonds is 7. The van der Waals surface area contributed by atoms with Gasteiger partial charge in [0.1, 0.15) is 17.6 Å². The maximum Gasteiger partial charge on any atom is 0.298 e. The number of methoxy groups -OCH3 is 2. The number of carbonyl (C=O) groups is 2. The lowest BCUT2D eigenvalue weighted by atomic mass is 9.98. The zero-order valence-corrected chi connectivity index (χ0v) is 24.2. The summed E-state index contributed by atoms with van der Waals surface area (Å²) in [6.45, 7) is 0.970. The third kappa shape index (κ3) is 4.80. The molecule has 0 aliphatic carbocycles. The van der Waals surface area contributed by atoms with E-state index in [1.807, 2.05) is 6.07 Å². The van der Waals surface area contributed by atoms with Gasteiger partial charge in [-0.05, 0) is 42.5 Å². The van der Waals surface area contributed by atoms with Crippen molar-refractivity contribution in [3.05, 3.63) is 99.8 Å². The smallest absolute Gasteiger partial charge is 0.298 e. The van der Waals surface area contributed by atoms with E-state index in [1.165, 1.54) is 81.1 Å². The van der Waals surface area contributed by atoms with Crippen molar-refractivity contribution in [2.75, 3.05) is 37.5 Å². The highest BCUT2D eigenvalue weighted by Gasteiger charge is 2.45. The highest BCUT2D eigenvalue weighted by molar-refractivity contribution is 6.32. The lowest BCUT2D eigenvalue weighted by Crippen LogP contribution is -2.51. The Morgan fingerprint density at radius 2 is 1.75 bits per heavy atom. The number of nitriles is 1. The molecule has 13 heteroatoms. The van der Waals surface area contributed by atoms with Crippen molar-refractivity contribution in [3.8, 4) is 17.6 Å². The number of fused-ring (bicyclic) bond motifs is 3. The Kier molecular flexibility index (Phi) is 7.44. The van der Waals surface area contributed by atoms with E-state index in [9.17, 15) is 14.9 Å². The van der Waals surface area contributed by atoms with Gasteiger partial charge in [0, 0.05) is 35.5 Å². The first kappa shape index (κ1) is 29.1. The van der Waals surface area contributed by atoms with Gasteiger partial charge in [0.05, 0.1) is 48.8 Å². The van der Waals surface area contributed by atoms with Gasteiger partial charge in [0.15, 0.2) is 5.69 Å². The number of nitrogens with zero attached hydrogens (tertiary/aromatic N) is 4. The third-order valence-electron chi connectivity index (χ3n) is 7.87. The van der Waals surface area contributed by atoms with Crippen LogP contribution in [0.15, 0.2) is 66.9 Å². The summed E-state index contributed by atoms with van der Waals surface area (Å²) >= 11 is 6.02. The molecule has 2 N–H and O–H groups in total. The number of amides is 2. The fourth-order valence-corrected chi connectivity index (χ4v) is 5.83. The van der Waals surface area contributed by atoms with Crippen LogP contribution in [0.1, 0.15) is 43.6 Å². The number of aromatic nitrogens is 2. The van der Waals surface area contributed by atoms with Crippen molar-refractivity contribution in [2.24, 2.45) is 0 Å². The molecule has 1 aromatic heterocycles. The molecule has 224 valence electrons. The average Bonchev–Trinajstić information content (AvgIpc) is 3.69. The molecular weight excluding hydrogens is 594 g/mol. The van der Waals surface area contributed by atoms with Crippen molar-refractivity contribution in [1.82, 2.24) is 15.1 Å². The molecule has 0 spiro atoms. The summed E-state index contributed by atoms with van der Waals surface area (Å²) in [4.78, 5) is 28.7. The number of hydrogen-bond donors (Lipinski definition) is 2. The molecule has 10 nitrogen and oxygen atoms in total. The largest absolute Gasteiger partial charge is 0.495 e. The number of benzene rings is 3. The zero-order valence-electron chi connectivity index (χ0n) is 23.5. The van der Waals surface area contributed by atoms with E-state index in [0.717, 1.165) is 0 Å². The van der Waals surface area contributed by atoms with Crippen molar-refractivity contribution < 1.29 is 27.8 Å². The number of ether oxygens (including phenoxy) is 2. The monoisotopic (exact) mass is 618 g/mol. The first-order valence-electron chi connectivity index (χ1n) is 13.5. The molecule has 2 aliphatic rings. The van der Waals surface area contributed by atoms with Gasteiger partial charge in [0.25, 0.3) is 17.7 Å². The number of hydrogen-bond acceptors (Lipinski definition) is 7. The molecule has 2 atom stereocenters. The Balaban J connectivity index is 1.30. The van der Waals surface area contributed by atoms with Crippen LogP contribution in [-0.2, 0) is 5.92 Å². The first-order valence-corrected chi connectivity index (χ1v) is 13.9. The highest BCUT2D eigenvalue weighted by Crippen LogP contribution is 2.41. The fraction of sp³-hybridized carbons (Fsp3) is 0.226. The first-order chi connectivity index (χ1) is 21.2. The van der Waals surface area contributed by atoms with Crippen LogP contribution < -0.4 is 25.0 Å². The van der Waals surface area contributed by atoms with Crippen LogP contribution in [-0.4, -0.2) is 54.9 Å². The van der Waals surface area contributed by atoms with Crippen molar-refractivity contribution in [3.63, 3.8) is 0 Å². The summed E-state index contributed by atoms with van der Waals surface area (Å²) in [6, 6.07) is 15.1. The summed E-state index contributed by atoms with van der Waals surface area (Å²) in [5.74, 6) is -3.89. The number of alkyl halides is 2. The summed E-state index contributed by atoms with van der Waals surface area (Å²) in [7, 11) is 2.78. The van der Waals surface area contributed by atoms with Crippen molar-refractivity contribution >= 4 is 34.8 Å². The van der Waals surface area contributed by atoms with Crippen LogP contribution in [0.5, 0.6) is 11.5 Å². The van der Waals surface area contributed by atoms with E-state index in [-0.39, 0.29) is 56.5 Å². The van der Waals surface area contributed by atoms with Gasteiger partial charge in [-0.1, -0.05) is 29.8 Å². The van der Waals surface area contributed by atoms with E-state index in [0.29, 0.717) is 24.5 Å². The average molecular weight is 619 g/mol. The van der Waals surface area contributed by atoms with Gasteiger partial charge in [-0.15, -0.1) is 0 Å². The van der Waals surface area contributed by atoms with Crippen LogP contribution >= 0.6 is 11.6 Å². The Morgan fingerprint density at radius 1 is 1.05 bits per heavy atom. The van der Waals surface area contributed by atoms with E-state index < -0.39 is 17.7 Å². The lowest BCUT2D eigenvalue weighted by molar-refractivity contribution is 0.0426. The van der Waals surface area contributed by atoms with Gasteiger partial charge >= 0.3 is 0 Å². The zero-order chi connectivity index (χ0) is 31.2. The molecule has 4 aromatic rings. The predicted molar refractivity (Wildman–Crippen MR) is 158 cm³/mol. The minimum Gasteiger partial charge on any atom is -0.495 e. The minimum atomic E-state index is -3.36. The van der Waals surface area contributed by atoms with Crippen LogP contribution in [0.2, 0.25) is 5.02 Å². The normalized spacial score (nSPS) is 17.5. The molecule has 3 aromatic carbocycles. The van der Waals surface area contributed by atoms with Crippen LogP contribution in [0.4, 0.5) is 20.2 Å². The second-order valence-electron chi connectivity index (χ2n) is 10.3. The molecule has 1 fully saturated rings. The summed E-state index contributed by atoms with van der Waals surface area (Å²) in [6.07, 6.45) is 1.41. The summed E-state index contributed by atoms with van der Waals surface area (Å²) in [5, 5.41) is 20.0. The topological polar surface area (TPSA) is 122 Å². The van der Waals surface area contributed by atoms with Crippen molar-refractivity contribution in [1.29, 1.82) is 5.26 Å². The minimum absolute atomic E-state index is 0.135. The highest BCUT2D eigenvalue weighted by atomic mass is 35.5. The SMILES string of the molecule is COc1cc(C(F)(F)c2ccc(N3C(=O)c4c(NC(=O)c5ccc(OC)c(C#N)c5)cnn4[C@@H]4CNC[C@@H]43)cc2)ccc1Cl. The fourth-order valence-electron chi connectivity index (χ4n) is 5.64. The van der Waals surface area contributed by atoms with E-state index in [2.05, 4.69) is 15.7 Å². The number of anilines is 2. The summed E-state index contributed by atoms with van der Waals surface area (Å²) < 4.78 is 42.8. The van der Waals surface area contributed by atoms with Gasteiger partial charge in [-0.25, -0.2) is 0 Å². The maximum absolute atomic E-state index is 15.5. The molecule has 44 heavy (non-hydrogen) atoms. The molecule has 0 saturated carbocycles. The van der Waals surface area contributed by atoms with Gasteiger partial charge in [-0.2, -0.15) is 19.1 Å². The molecule has 3 heterocycles. The second kappa shape index (κ2) is 11.3. The molecule has 2 aliphatic heterocycles. The Bertz CT molecular complexity index is 1820. The van der Waals surface area contributed by atoms with Gasteiger partial charge in [0.2, 0.25) is 0 Å². The van der Waals surface area contributed by atoms with Crippen LogP contribution in [0, 0.1) is 11.3 Å². The molecule has 0 bridgehead atoms. The molecule has 0 radical (unpaired) electrons. The van der Waals surface area contributed by atoms with Crippen LogP contribution in [0.3, 0.4) is 0 Å².